The summed E-state index contributed by atoms with van der Waals surface area (Å²) < 4.78 is 23.5. The molecule has 37 heavy (non-hydrogen) atoms. The van der Waals surface area contributed by atoms with E-state index in [1.54, 1.807) is 18.2 Å². The summed E-state index contributed by atoms with van der Waals surface area (Å²) in [5.74, 6) is 0.618. The number of methoxy groups -OCH3 is 3. The summed E-state index contributed by atoms with van der Waals surface area (Å²) in [4.78, 5) is 26.6. The summed E-state index contributed by atoms with van der Waals surface area (Å²) in [6.45, 7) is 2.97. The minimum absolute atomic E-state index is 0.0734. The summed E-state index contributed by atoms with van der Waals surface area (Å²) in [6, 6.07) is 14.4. The summed E-state index contributed by atoms with van der Waals surface area (Å²) >= 11 is 0. The lowest BCUT2D eigenvalue weighted by atomic mass is 10.1. The van der Waals surface area contributed by atoms with Gasteiger partial charge in [-0.2, -0.15) is 0 Å². The van der Waals surface area contributed by atoms with Gasteiger partial charge in [0, 0.05) is 34.8 Å². The Balaban J connectivity index is 1.71. The van der Waals surface area contributed by atoms with Gasteiger partial charge in [0.2, 0.25) is 5.75 Å². The molecule has 0 bridgehead atoms. The number of rotatable bonds is 10. The van der Waals surface area contributed by atoms with Crippen LogP contribution in [0.5, 0.6) is 17.2 Å². The minimum atomic E-state index is -0.516. The molecule has 0 atom stereocenters. The smallest absolute Gasteiger partial charge is 0.268 e. The van der Waals surface area contributed by atoms with Gasteiger partial charge < -0.3 is 33.8 Å². The number of hydrogen-bond donors (Lipinski definition) is 2. The number of benzene rings is 2. The maximum absolute atomic E-state index is 13.3. The third kappa shape index (κ3) is 5.45. The molecule has 0 saturated heterocycles. The van der Waals surface area contributed by atoms with Crippen molar-refractivity contribution in [2.45, 2.75) is 20.0 Å². The monoisotopic (exact) mass is 503 g/mol. The number of hydrogen-bond acceptors (Lipinski definition) is 6. The summed E-state index contributed by atoms with van der Waals surface area (Å²) in [6.07, 6.45) is 5.15. The van der Waals surface area contributed by atoms with E-state index in [0.29, 0.717) is 23.0 Å². The first kappa shape index (κ1) is 25.4. The van der Waals surface area contributed by atoms with Crippen LogP contribution in [0.2, 0.25) is 0 Å². The second-order valence-corrected chi connectivity index (χ2v) is 8.08. The number of ether oxygens (including phenoxy) is 3. The fourth-order valence-corrected chi connectivity index (χ4v) is 4.05. The molecule has 4 rings (SSSR count). The zero-order valence-corrected chi connectivity index (χ0v) is 21.2. The van der Waals surface area contributed by atoms with Gasteiger partial charge in [-0.05, 0) is 43.3 Å². The van der Waals surface area contributed by atoms with Crippen LogP contribution in [-0.2, 0) is 17.9 Å². The molecular weight excluding hydrogens is 474 g/mol. The molecule has 0 spiro atoms. The van der Waals surface area contributed by atoms with Crippen molar-refractivity contribution in [2.75, 3.05) is 21.3 Å². The largest absolute Gasteiger partial charge is 0.493 e. The molecule has 2 heterocycles. The molecule has 2 aromatic carbocycles. The Labute approximate surface area is 214 Å². The Hall–Kier alpha value is -4.66. The number of carbonyl (C=O) groups excluding carboxylic acids is 2. The summed E-state index contributed by atoms with van der Waals surface area (Å²) in [5.41, 5.74) is 2.13. The van der Waals surface area contributed by atoms with Gasteiger partial charge in [0.1, 0.15) is 11.5 Å². The number of aromatic nitrogens is 1. The molecule has 9 heteroatoms. The zero-order valence-electron chi connectivity index (χ0n) is 21.2. The van der Waals surface area contributed by atoms with Gasteiger partial charge in [0.25, 0.3) is 11.8 Å². The molecule has 0 aliphatic heterocycles. The van der Waals surface area contributed by atoms with Crippen LogP contribution in [0.1, 0.15) is 28.6 Å². The number of aryl methyl sites for hydroxylation is 1. The molecule has 2 aromatic heterocycles. The van der Waals surface area contributed by atoms with E-state index in [1.807, 2.05) is 37.4 Å². The Morgan fingerprint density at radius 3 is 2.35 bits per heavy atom. The fourth-order valence-electron chi connectivity index (χ4n) is 4.05. The van der Waals surface area contributed by atoms with Gasteiger partial charge in [-0.15, -0.1) is 0 Å². The van der Waals surface area contributed by atoms with Crippen molar-refractivity contribution in [3.05, 3.63) is 83.6 Å². The van der Waals surface area contributed by atoms with Gasteiger partial charge in [-0.3, -0.25) is 9.59 Å². The van der Waals surface area contributed by atoms with Crippen LogP contribution in [0.15, 0.2) is 71.1 Å². The molecule has 0 aliphatic rings. The van der Waals surface area contributed by atoms with Crippen LogP contribution >= 0.6 is 0 Å². The number of furan rings is 1. The quantitative estimate of drug-likeness (QED) is 0.312. The molecule has 2 N–H and O–H groups in total. The van der Waals surface area contributed by atoms with Crippen LogP contribution in [-0.4, -0.2) is 37.7 Å². The summed E-state index contributed by atoms with van der Waals surface area (Å²) in [5, 5.41) is 6.53. The third-order valence-corrected chi connectivity index (χ3v) is 5.88. The van der Waals surface area contributed by atoms with Crippen LogP contribution < -0.4 is 24.8 Å². The van der Waals surface area contributed by atoms with Crippen molar-refractivity contribution in [2.24, 2.45) is 0 Å². The van der Waals surface area contributed by atoms with Crippen molar-refractivity contribution in [3.63, 3.8) is 0 Å². The van der Waals surface area contributed by atoms with Gasteiger partial charge in [0.15, 0.2) is 11.5 Å². The number of carbonyl (C=O) groups is 2. The molecule has 0 saturated carbocycles. The lowest BCUT2D eigenvalue weighted by Gasteiger charge is -2.15. The van der Waals surface area contributed by atoms with Gasteiger partial charge in [-0.25, -0.2) is 0 Å². The highest BCUT2D eigenvalue weighted by Gasteiger charge is 2.20. The summed E-state index contributed by atoms with van der Waals surface area (Å²) in [7, 11) is 4.42. The third-order valence-electron chi connectivity index (χ3n) is 5.88. The average molecular weight is 504 g/mol. The normalized spacial score (nSPS) is 11.3. The minimum Gasteiger partial charge on any atom is -0.493 e. The zero-order chi connectivity index (χ0) is 26.4. The molecule has 192 valence electrons. The highest BCUT2D eigenvalue weighted by atomic mass is 16.5. The predicted molar refractivity (Wildman–Crippen MR) is 140 cm³/mol. The number of nitrogens with one attached hydrogen (secondary N) is 2. The fraction of sp³-hybridized carbons (Fsp3) is 0.214. The van der Waals surface area contributed by atoms with Gasteiger partial charge in [-0.1, -0.05) is 18.2 Å². The van der Waals surface area contributed by atoms with E-state index < -0.39 is 11.8 Å². The van der Waals surface area contributed by atoms with Crippen molar-refractivity contribution in [1.29, 1.82) is 0 Å². The standard InChI is InChI=1S/C28H29N3O6/c1-5-31-17-19(21-10-6-7-11-23(21)31)13-22(28(33)29-16-20-9-8-12-37-20)30-27(32)18-14-24(34-2)26(36-4)25(15-18)35-3/h6-15,17H,5,16H2,1-4H3,(H,29,33)(H,30,32)/b22-13-. The Morgan fingerprint density at radius 2 is 1.73 bits per heavy atom. The Morgan fingerprint density at radius 1 is 1.00 bits per heavy atom. The highest BCUT2D eigenvalue weighted by molar-refractivity contribution is 6.07. The molecule has 0 unspecified atom stereocenters. The van der Waals surface area contributed by atoms with Crippen molar-refractivity contribution < 1.29 is 28.2 Å². The molecular formula is C28H29N3O6. The lowest BCUT2D eigenvalue weighted by molar-refractivity contribution is -0.118. The number of amides is 2. The second-order valence-electron chi connectivity index (χ2n) is 8.08. The molecule has 0 radical (unpaired) electrons. The van der Waals surface area contributed by atoms with E-state index in [0.717, 1.165) is 23.0 Å². The van der Waals surface area contributed by atoms with E-state index in [2.05, 4.69) is 15.2 Å². The molecule has 9 nitrogen and oxygen atoms in total. The van der Waals surface area contributed by atoms with E-state index in [9.17, 15) is 9.59 Å². The maximum atomic E-state index is 13.3. The van der Waals surface area contributed by atoms with Crippen molar-refractivity contribution in [1.82, 2.24) is 15.2 Å². The number of para-hydroxylation sites is 1. The second kappa shape index (κ2) is 11.4. The Kier molecular flexibility index (Phi) is 7.83. The van der Waals surface area contributed by atoms with Crippen LogP contribution in [0.4, 0.5) is 0 Å². The first-order chi connectivity index (χ1) is 18.0. The molecule has 0 fully saturated rings. The van der Waals surface area contributed by atoms with Crippen molar-refractivity contribution >= 4 is 28.8 Å². The van der Waals surface area contributed by atoms with E-state index >= 15 is 0 Å². The Bertz CT molecular complexity index is 1410. The lowest BCUT2D eigenvalue weighted by Crippen LogP contribution is -2.34. The molecule has 2 amide bonds. The topological polar surface area (TPSA) is 104 Å². The van der Waals surface area contributed by atoms with Crippen LogP contribution in [0, 0.1) is 0 Å². The van der Waals surface area contributed by atoms with Crippen molar-refractivity contribution in [3.8, 4) is 17.2 Å². The SMILES string of the molecule is CCn1cc(/C=C(\NC(=O)c2cc(OC)c(OC)c(OC)c2)C(=O)NCc2ccco2)c2ccccc21. The molecule has 0 aliphatic carbocycles. The average Bonchev–Trinajstić information content (AvgIpc) is 3.58. The molecule has 4 aromatic rings. The van der Waals surface area contributed by atoms with E-state index in [4.69, 9.17) is 18.6 Å². The van der Waals surface area contributed by atoms with E-state index in [-0.39, 0.29) is 17.8 Å². The first-order valence-corrected chi connectivity index (χ1v) is 11.7. The predicted octanol–water partition coefficient (Wildman–Crippen LogP) is 4.37. The maximum Gasteiger partial charge on any atom is 0.268 e. The van der Waals surface area contributed by atoms with Crippen LogP contribution in [0.3, 0.4) is 0 Å². The number of nitrogens with zero attached hydrogens (tertiary/aromatic N) is 1. The first-order valence-electron chi connectivity index (χ1n) is 11.7. The van der Waals surface area contributed by atoms with Gasteiger partial charge >= 0.3 is 0 Å². The van der Waals surface area contributed by atoms with Crippen LogP contribution in [0.25, 0.3) is 17.0 Å². The number of fused-ring (bicyclic) bond motifs is 1. The van der Waals surface area contributed by atoms with E-state index in [1.165, 1.54) is 39.7 Å². The highest BCUT2D eigenvalue weighted by Crippen LogP contribution is 2.38. The van der Waals surface area contributed by atoms with Gasteiger partial charge in [0.05, 0.1) is 34.1 Å².